The fourth-order valence-electron chi connectivity index (χ4n) is 5.97. The van der Waals surface area contributed by atoms with E-state index in [2.05, 4.69) is 79.8 Å². The van der Waals surface area contributed by atoms with E-state index in [1.54, 1.807) is 29.5 Å². The molecule has 0 unspecified atom stereocenters. The van der Waals surface area contributed by atoms with Crippen molar-refractivity contribution in [3.63, 3.8) is 0 Å². The molecule has 0 radical (unpaired) electrons. The summed E-state index contributed by atoms with van der Waals surface area (Å²) in [5.74, 6) is -0.360. The number of carbonyl (C=O) groups excluding carboxylic acids is 2. The van der Waals surface area contributed by atoms with Gasteiger partial charge in [-0.3, -0.25) is 14.5 Å². The third-order valence-electron chi connectivity index (χ3n) is 7.90. The highest BCUT2D eigenvalue weighted by molar-refractivity contribution is 8.33. The first kappa shape index (κ1) is 21.8. The molecule has 1 aliphatic carbocycles. The molecule has 0 bridgehead atoms. The van der Waals surface area contributed by atoms with Crippen molar-refractivity contribution in [3.05, 3.63) is 106 Å². The number of nitrogens with zero attached hydrogens (tertiary/aromatic N) is 1. The Balaban J connectivity index is 1.46. The monoisotopic (exact) mass is 507 g/mol. The molecule has 0 amide bonds. The number of rotatable bonds is 1. The molecule has 5 heteroatoms. The minimum absolute atomic E-state index is 0.180. The van der Waals surface area contributed by atoms with Crippen molar-refractivity contribution in [2.45, 2.75) is 29.1 Å². The van der Waals surface area contributed by atoms with Gasteiger partial charge in [-0.25, -0.2) is 0 Å². The molecule has 0 N–H and O–H groups in total. The van der Waals surface area contributed by atoms with Gasteiger partial charge in [0.05, 0.1) is 16.9 Å². The van der Waals surface area contributed by atoms with Gasteiger partial charge >= 0.3 is 0 Å². The quantitative estimate of drug-likeness (QED) is 0.193. The Morgan fingerprint density at radius 3 is 2.17 bits per heavy atom. The van der Waals surface area contributed by atoms with Gasteiger partial charge in [0.2, 0.25) is 0 Å². The highest BCUT2D eigenvalue weighted by atomic mass is 32.3. The van der Waals surface area contributed by atoms with Crippen LogP contribution in [0.4, 0.5) is 16.4 Å². The summed E-state index contributed by atoms with van der Waals surface area (Å²) in [6.45, 7) is 4.57. The Kier molecular flexibility index (Phi) is 4.30. The molecule has 0 fully saturated rings. The van der Waals surface area contributed by atoms with Crippen molar-refractivity contribution in [2.24, 2.45) is 0 Å². The molecule has 7 rings (SSSR count). The lowest BCUT2D eigenvalue weighted by molar-refractivity contribution is 0.0990. The number of Topliss-reactive ketones (excluding diaryl/α,β-unsaturated/α-hetero) is 2. The minimum atomic E-state index is -1.18. The van der Waals surface area contributed by atoms with E-state index in [1.807, 2.05) is 12.1 Å². The highest BCUT2D eigenvalue weighted by Crippen LogP contribution is 2.71. The summed E-state index contributed by atoms with van der Waals surface area (Å²) in [4.78, 5) is 32.3. The maximum absolute atomic E-state index is 13.1. The van der Waals surface area contributed by atoms with E-state index in [9.17, 15) is 9.59 Å². The lowest BCUT2D eigenvalue weighted by Crippen LogP contribution is -2.32. The van der Waals surface area contributed by atoms with Crippen LogP contribution in [0, 0.1) is 0 Å². The van der Waals surface area contributed by atoms with E-state index in [0.29, 0.717) is 11.1 Å². The van der Waals surface area contributed by atoms with Crippen LogP contribution in [0.25, 0.3) is 6.08 Å². The third kappa shape index (κ3) is 2.65. The maximum Gasteiger partial charge on any atom is 0.197 e. The van der Waals surface area contributed by atoms with Gasteiger partial charge in [-0.1, -0.05) is 62.4 Å². The van der Waals surface area contributed by atoms with Gasteiger partial charge in [-0.05, 0) is 54.0 Å². The number of hydrogen-bond acceptors (Lipinski definition) is 4. The van der Waals surface area contributed by atoms with Crippen molar-refractivity contribution >= 4 is 55.4 Å². The van der Waals surface area contributed by atoms with Crippen LogP contribution in [-0.2, 0) is 5.41 Å². The van der Waals surface area contributed by atoms with Crippen molar-refractivity contribution < 1.29 is 9.59 Å². The average molecular weight is 508 g/mol. The van der Waals surface area contributed by atoms with Gasteiger partial charge < -0.3 is 0 Å². The summed E-state index contributed by atoms with van der Waals surface area (Å²) >= 11 is 1.66. The van der Waals surface area contributed by atoms with Crippen LogP contribution in [0.5, 0.6) is 0 Å². The Labute approximate surface area is 216 Å². The van der Waals surface area contributed by atoms with Gasteiger partial charge in [0, 0.05) is 31.2 Å². The second-order valence-corrected chi connectivity index (χ2v) is 15.1. The van der Waals surface area contributed by atoms with E-state index in [4.69, 9.17) is 0 Å². The summed E-state index contributed by atoms with van der Waals surface area (Å²) in [6.07, 6.45) is 6.58. The number of ketones is 2. The Morgan fingerprint density at radius 2 is 1.44 bits per heavy atom. The SMILES string of the molecule is CC1(C)c2cc(C=C3C(=O)c4ccccc4C3=O)sc2N2c3ccccc3S(C)(C)c3cccc1c32. The zero-order chi connectivity index (χ0) is 25.0. The fourth-order valence-corrected chi connectivity index (χ4v) is 9.69. The molecule has 0 atom stereocenters. The molecule has 3 aromatic carbocycles. The van der Waals surface area contributed by atoms with Crippen molar-refractivity contribution in [2.75, 3.05) is 17.4 Å². The number of fused-ring (bicyclic) bond motifs is 5. The van der Waals surface area contributed by atoms with E-state index in [0.717, 1.165) is 4.88 Å². The minimum Gasteiger partial charge on any atom is -0.299 e. The van der Waals surface area contributed by atoms with Crippen LogP contribution in [0.15, 0.2) is 88.2 Å². The van der Waals surface area contributed by atoms with E-state index < -0.39 is 10.0 Å². The fraction of sp³-hybridized carbons (Fsp3) is 0.161. The topological polar surface area (TPSA) is 37.4 Å². The molecule has 3 nitrogen and oxygen atoms in total. The molecule has 3 aliphatic rings. The summed E-state index contributed by atoms with van der Waals surface area (Å²) in [6, 6.07) is 24.8. The number of para-hydroxylation sites is 2. The molecule has 2 aliphatic heterocycles. The molecule has 4 aromatic rings. The lowest BCUT2D eigenvalue weighted by Gasteiger charge is -2.49. The Bertz CT molecular complexity index is 1650. The van der Waals surface area contributed by atoms with E-state index >= 15 is 0 Å². The smallest absolute Gasteiger partial charge is 0.197 e. The predicted molar refractivity (Wildman–Crippen MR) is 150 cm³/mol. The summed E-state index contributed by atoms with van der Waals surface area (Å²) < 4.78 is 0. The molecule has 0 saturated heterocycles. The lowest BCUT2D eigenvalue weighted by atomic mass is 9.75. The Hall–Kier alpha value is -3.41. The number of anilines is 3. The average Bonchev–Trinajstić information content (AvgIpc) is 3.40. The number of benzene rings is 3. The summed E-state index contributed by atoms with van der Waals surface area (Å²) in [5.41, 5.74) is 6.13. The molecular weight excluding hydrogens is 482 g/mol. The normalized spacial score (nSPS) is 18.8. The zero-order valence-electron chi connectivity index (χ0n) is 20.6. The van der Waals surface area contributed by atoms with Gasteiger partial charge in [0.25, 0.3) is 0 Å². The Morgan fingerprint density at radius 1 is 0.806 bits per heavy atom. The molecule has 1 aromatic heterocycles. The number of hydrogen-bond donors (Lipinski definition) is 0. The number of carbonyl (C=O) groups is 2. The zero-order valence-corrected chi connectivity index (χ0v) is 22.2. The van der Waals surface area contributed by atoms with Crippen LogP contribution in [0.3, 0.4) is 0 Å². The van der Waals surface area contributed by atoms with Crippen molar-refractivity contribution in [1.82, 2.24) is 0 Å². The second-order valence-electron chi connectivity index (χ2n) is 10.5. The molecular formula is C31H25NO2S2. The predicted octanol–water partition coefficient (Wildman–Crippen LogP) is 8.12. The summed E-state index contributed by atoms with van der Waals surface area (Å²) in [7, 11) is -1.18. The highest BCUT2D eigenvalue weighted by Gasteiger charge is 2.45. The number of allylic oxidation sites excluding steroid dienone is 1. The van der Waals surface area contributed by atoms with Crippen LogP contribution in [0.1, 0.15) is 50.6 Å². The van der Waals surface area contributed by atoms with Gasteiger partial charge in [-0.2, -0.15) is 10.0 Å². The van der Waals surface area contributed by atoms with Gasteiger partial charge in [0.1, 0.15) is 5.00 Å². The first-order valence-corrected chi connectivity index (χ1v) is 15.3. The molecule has 3 heterocycles. The molecule has 36 heavy (non-hydrogen) atoms. The van der Waals surface area contributed by atoms with Crippen molar-refractivity contribution in [3.8, 4) is 0 Å². The molecule has 0 spiro atoms. The summed E-state index contributed by atoms with van der Waals surface area (Å²) in [5, 5.41) is 1.17. The largest absolute Gasteiger partial charge is 0.299 e. The van der Waals surface area contributed by atoms with Gasteiger partial charge in [0.15, 0.2) is 11.6 Å². The van der Waals surface area contributed by atoms with E-state index in [-0.39, 0.29) is 22.6 Å². The second kappa shape index (κ2) is 7.09. The molecule has 178 valence electrons. The van der Waals surface area contributed by atoms with Gasteiger partial charge in [-0.15, -0.1) is 11.3 Å². The van der Waals surface area contributed by atoms with Crippen LogP contribution in [-0.4, -0.2) is 24.1 Å². The molecule has 0 saturated carbocycles. The van der Waals surface area contributed by atoms with Crippen LogP contribution in [0.2, 0.25) is 0 Å². The standard InChI is InChI=1S/C31H25NO2S2/c1-31(2)22-12-9-15-26-27(22)32(24-13-7-8-14-25(24)36(26,3)4)30-23(31)17-18(35-30)16-21-28(33)19-10-5-6-11-20(19)29(21)34/h5-17H,1-4H3. The number of thiophene rings is 1. The van der Waals surface area contributed by atoms with E-state index in [1.165, 1.54) is 37.3 Å². The van der Waals surface area contributed by atoms with Crippen molar-refractivity contribution in [1.29, 1.82) is 0 Å². The van der Waals surface area contributed by atoms with Crippen LogP contribution < -0.4 is 4.90 Å². The first-order chi connectivity index (χ1) is 17.2. The maximum atomic E-state index is 13.1. The first-order valence-electron chi connectivity index (χ1n) is 12.0. The van der Waals surface area contributed by atoms with Crippen LogP contribution >= 0.6 is 21.4 Å². The third-order valence-corrected chi connectivity index (χ3v) is 11.8.